The maximum absolute atomic E-state index is 6.32. The van der Waals surface area contributed by atoms with Crippen molar-refractivity contribution >= 4 is 5.69 Å². The Bertz CT molecular complexity index is 705. The summed E-state index contributed by atoms with van der Waals surface area (Å²) in [5, 5.41) is 0. The number of hydrogen-bond acceptors (Lipinski definition) is 2. The first-order valence-corrected chi connectivity index (χ1v) is 9.57. The van der Waals surface area contributed by atoms with E-state index in [9.17, 15) is 0 Å². The van der Waals surface area contributed by atoms with Crippen molar-refractivity contribution in [1.82, 2.24) is 0 Å². The zero-order valence-electron chi connectivity index (χ0n) is 16.0. The van der Waals surface area contributed by atoms with E-state index in [1.54, 1.807) is 0 Å². The molecule has 0 saturated heterocycles. The molecule has 0 radical (unpaired) electrons. The maximum Gasteiger partial charge on any atom is 0.133 e. The summed E-state index contributed by atoms with van der Waals surface area (Å²) in [5.74, 6) is 4.80. The van der Waals surface area contributed by atoms with Crippen LogP contribution in [0.5, 0.6) is 11.5 Å². The van der Waals surface area contributed by atoms with Crippen LogP contribution in [0.15, 0.2) is 42.5 Å². The van der Waals surface area contributed by atoms with Crippen LogP contribution in [0.2, 0.25) is 0 Å². The fourth-order valence-corrected chi connectivity index (χ4v) is 4.24. The fraction of sp³-hybridized carbons (Fsp3) is 0.478. The number of para-hydroxylation sites is 1. The first kappa shape index (κ1) is 17.8. The van der Waals surface area contributed by atoms with Crippen LogP contribution >= 0.6 is 0 Å². The van der Waals surface area contributed by atoms with E-state index in [2.05, 4.69) is 45.9 Å². The van der Waals surface area contributed by atoms with Crippen LogP contribution < -0.4 is 10.5 Å². The monoisotopic (exact) mass is 337 g/mol. The minimum absolute atomic E-state index is 0.583. The highest BCUT2D eigenvalue weighted by atomic mass is 16.5. The Kier molecular flexibility index (Phi) is 5.36. The van der Waals surface area contributed by atoms with Gasteiger partial charge in [-0.05, 0) is 85.3 Å². The zero-order chi connectivity index (χ0) is 18.0. The van der Waals surface area contributed by atoms with Crippen molar-refractivity contribution in [3.05, 3.63) is 53.6 Å². The standard InChI is InChI=1S/C23H31NO/c1-15(2)18-12-16(3)13-19(14-18)22-7-5-6-17(4)23(22)25-21-10-8-20(24)9-11-21/h5-11,15-16,18-19H,12-14,24H2,1-4H3. The number of rotatable bonds is 4. The highest BCUT2D eigenvalue weighted by molar-refractivity contribution is 5.48. The predicted molar refractivity (Wildman–Crippen MR) is 106 cm³/mol. The van der Waals surface area contributed by atoms with Crippen molar-refractivity contribution in [1.29, 1.82) is 0 Å². The second-order valence-corrected chi connectivity index (χ2v) is 8.18. The lowest BCUT2D eigenvalue weighted by molar-refractivity contribution is 0.201. The minimum atomic E-state index is 0.583. The molecule has 2 aromatic rings. The molecule has 3 atom stereocenters. The first-order chi connectivity index (χ1) is 11.9. The minimum Gasteiger partial charge on any atom is -0.457 e. The lowest BCUT2D eigenvalue weighted by Gasteiger charge is -2.36. The lowest BCUT2D eigenvalue weighted by atomic mass is 9.69. The van der Waals surface area contributed by atoms with Crippen LogP contribution in [0, 0.1) is 24.7 Å². The van der Waals surface area contributed by atoms with Crippen molar-refractivity contribution in [2.24, 2.45) is 17.8 Å². The van der Waals surface area contributed by atoms with Crippen LogP contribution in [0.1, 0.15) is 57.1 Å². The van der Waals surface area contributed by atoms with Crippen LogP contribution in [-0.2, 0) is 0 Å². The third-order valence-electron chi connectivity index (χ3n) is 5.70. The van der Waals surface area contributed by atoms with Gasteiger partial charge in [-0.25, -0.2) is 0 Å². The van der Waals surface area contributed by atoms with Crippen molar-refractivity contribution in [2.45, 2.75) is 52.9 Å². The van der Waals surface area contributed by atoms with Gasteiger partial charge in [0.1, 0.15) is 11.5 Å². The van der Waals surface area contributed by atoms with Gasteiger partial charge in [0, 0.05) is 5.69 Å². The summed E-state index contributed by atoms with van der Waals surface area (Å²) in [6, 6.07) is 14.3. The number of nitrogens with two attached hydrogens (primary N) is 1. The largest absolute Gasteiger partial charge is 0.457 e. The van der Waals surface area contributed by atoms with Crippen LogP contribution in [0.3, 0.4) is 0 Å². The van der Waals surface area contributed by atoms with E-state index in [-0.39, 0.29) is 0 Å². The first-order valence-electron chi connectivity index (χ1n) is 9.57. The van der Waals surface area contributed by atoms with Gasteiger partial charge >= 0.3 is 0 Å². The molecule has 1 aliphatic rings. The molecule has 2 nitrogen and oxygen atoms in total. The molecular weight excluding hydrogens is 306 g/mol. The van der Waals surface area contributed by atoms with Crippen LogP contribution in [-0.4, -0.2) is 0 Å². The van der Waals surface area contributed by atoms with Gasteiger partial charge in [0.15, 0.2) is 0 Å². The average molecular weight is 338 g/mol. The second-order valence-electron chi connectivity index (χ2n) is 8.18. The van der Waals surface area contributed by atoms with Gasteiger partial charge in [-0.15, -0.1) is 0 Å². The van der Waals surface area contributed by atoms with Gasteiger partial charge in [-0.3, -0.25) is 0 Å². The highest BCUT2D eigenvalue weighted by Gasteiger charge is 2.31. The van der Waals surface area contributed by atoms with Gasteiger partial charge in [0.2, 0.25) is 0 Å². The molecule has 2 N–H and O–H groups in total. The van der Waals surface area contributed by atoms with E-state index in [4.69, 9.17) is 10.5 Å². The summed E-state index contributed by atoms with van der Waals surface area (Å²) in [7, 11) is 0. The molecule has 0 aromatic heterocycles. The molecule has 134 valence electrons. The molecule has 0 bridgehead atoms. The molecule has 0 heterocycles. The molecule has 0 amide bonds. The zero-order valence-corrected chi connectivity index (χ0v) is 16.0. The molecule has 25 heavy (non-hydrogen) atoms. The molecule has 3 rings (SSSR count). The Morgan fingerprint density at radius 3 is 2.40 bits per heavy atom. The van der Waals surface area contributed by atoms with E-state index in [0.29, 0.717) is 5.92 Å². The molecule has 0 spiro atoms. The number of anilines is 1. The van der Waals surface area contributed by atoms with Gasteiger partial charge in [0.25, 0.3) is 0 Å². The second kappa shape index (κ2) is 7.51. The Morgan fingerprint density at radius 2 is 1.72 bits per heavy atom. The van der Waals surface area contributed by atoms with Crippen molar-refractivity contribution in [2.75, 3.05) is 5.73 Å². The predicted octanol–water partition coefficient (Wildman–Crippen LogP) is 6.55. The number of benzene rings is 2. The van der Waals surface area contributed by atoms with Gasteiger partial charge in [-0.2, -0.15) is 0 Å². The Labute approximate surface area is 152 Å². The maximum atomic E-state index is 6.32. The summed E-state index contributed by atoms with van der Waals surface area (Å²) in [6.07, 6.45) is 3.88. The number of nitrogen functional groups attached to an aromatic ring is 1. The van der Waals surface area contributed by atoms with Gasteiger partial charge in [-0.1, -0.05) is 39.0 Å². The summed E-state index contributed by atoms with van der Waals surface area (Å²) in [6.45, 7) is 9.27. The number of ether oxygens (including phenoxy) is 1. The van der Waals surface area contributed by atoms with Crippen LogP contribution in [0.4, 0.5) is 5.69 Å². The summed E-state index contributed by atoms with van der Waals surface area (Å²) in [4.78, 5) is 0. The molecule has 2 aromatic carbocycles. The van der Waals surface area contributed by atoms with E-state index >= 15 is 0 Å². The third kappa shape index (κ3) is 4.18. The van der Waals surface area contributed by atoms with Gasteiger partial charge < -0.3 is 10.5 Å². The number of hydrogen-bond donors (Lipinski definition) is 1. The molecule has 2 heteroatoms. The van der Waals surface area contributed by atoms with E-state index < -0.39 is 0 Å². The smallest absolute Gasteiger partial charge is 0.133 e. The van der Waals surface area contributed by atoms with Crippen molar-refractivity contribution in [3.8, 4) is 11.5 Å². The third-order valence-corrected chi connectivity index (χ3v) is 5.70. The summed E-state index contributed by atoms with van der Waals surface area (Å²) in [5.41, 5.74) is 9.13. The Morgan fingerprint density at radius 1 is 1.00 bits per heavy atom. The summed E-state index contributed by atoms with van der Waals surface area (Å²) >= 11 is 0. The SMILES string of the molecule is Cc1cccc(C2CC(C)CC(C(C)C)C2)c1Oc1ccc(N)cc1. The number of aryl methyl sites for hydroxylation is 1. The molecule has 3 unspecified atom stereocenters. The van der Waals surface area contributed by atoms with E-state index in [0.717, 1.165) is 34.9 Å². The molecule has 0 aliphatic heterocycles. The van der Waals surface area contributed by atoms with E-state index in [1.807, 2.05) is 24.3 Å². The topological polar surface area (TPSA) is 35.2 Å². The molecule has 1 fully saturated rings. The van der Waals surface area contributed by atoms with Crippen LogP contribution in [0.25, 0.3) is 0 Å². The highest BCUT2D eigenvalue weighted by Crippen LogP contribution is 2.46. The van der Waals surface area contributed by atoms with Crippen molar-refractivity contribution in [3.63, 3.8) is 0 Å². The normalized spacial score (nSPS) is 23.6. The fourth-order valence-electron chi connectivity index (χ4n) is 4.24. The molecule has 1 saturated carbocycles. The van der Waals surface area contributed by atoms with E-state index in [1.165, 1.54) is 30.4 Å². The quantitative estimate of drug-likeness (QED) is 0.642. The van der Waals surface area contributed by atoms with Crippen molar-refractivity contribution < 1.29 is 4.74 Å². The Hall–Kier alpha value is -1.96. The summed E-state index contributed by atoms with van der Waals surface area (Å²) < 4.78 is 6.32. The lowest BCUT2D eigenvalue weighted by Crippen LogP contribution is -2.24. The molecular formula is C23H31NO. The van der Waals surface area contributed by atoms with Gasteiger partial charge in [0.05, 0.1) is 0 Å². The molecule has 1 aliphatic carbocycles. The average Bonchev–Trinajstić information content (AvgIpc) is 2.58. The Balaban J connectivity index is 1.91.